The lowest BCUT2D eigenvalue weighted by Crippen LogP contribution is -2.22. The lowest BCUT2D eigenvalue weighted by atomic mass is 10.1. The molecule has 1 heterocycles. The number of carbonyl (C=O) groups excluding carboxylic acids is 2. The molecule has 0 aliphatic heterocycles. The highest BCUT2D eigenvalue weighted by atomic mass is 35.5. The number of aryl methyl sites for hydroxylation is 1. The minimum atomic E-state index is -0.492. The van der Waals surface area contributed by atoms with Gasteiger partial charge < -0.3 is 15.8 Å². The van der Waals surface area contributed by atoms with Crippen LogP contribution in [0, 0.1) is 0 Å². The molecule has 1 aromatic carbocycles. The van der Waals surface area contributed by atoms with Crippen molar-refractivity contribution < 1.29 is 14.3 Å². The Labute approximate surface area is 155 Å². The van der Waals surface area contributed by atoms with Gasteiger partial charge in [-0.05, 0) is 55.5 Å². The summed E-state index contributed by atoms with van der Waals surface area (Å²) in [6.07, 6.45) is 5.05. The molecule has 5 nitrogen and oxygen atoms in total. The van der Waals surface area contributed by atoms with E-state index in [0.29, 0.717) is 21.3 Å². The summed E-state index contributed by atoms with van der Waals surface area (Å²) < 4.78 is 5.44. The number of carbonyl (C=O) groups is 2. The zero-order valence-corrected chi connectivity index (χ0v) is 15.2. The SMILES string of the molecule is NC(=O)c1c(NC(=O)COc2ccc(Cl)cc2)sc2c1CCCCC2. The molecule has 7 heteroatoms. The summed E-state index contributed by atoms with van der Waals surface area (Å²) in [5, 5.41) is 3.91. The average Bonchev–Trinajstić information content (AvgIpc) is 2.75. The van der Waals surface area contributed by atoms with Gasteiger partial charge in [0.05, 0.1) is 5.56 Å². The Kier molecular flexibility index (Phi) is 5.60. The van der Waals surface area contributed by atoms with Crippen LogP contribution in [0.3, 0.4) is 0 Å². The summed E-state index contributed by atoms with van der Waals surface area (Å²) in [5.41, 5.74) is 7.03. The molecule has 1 aliphatic rings. The number of halogens is 1. The number of rotatable bonds is 5. The van der Waals surface area contributed by atoms with Crippen molar-refractivity contribution in [3.8, 4) is 5.75 Å². The van der Waals surface area contributed by atoms with Crippen molar-refractivity contribution in [3.63, 3.8) is 0 Å². The number of benzene rings is 1. The molecule has 0 saturated carbocycles. The Morgan fingerprint density at radius 3 is 2.60 bits per heavy atom. The smallest absolute Gasteiger partial charge is 0.262 e. The van der Waals surface area contributed by atoms with Gasteiger partial charge in [-0.2, -0.15) is 0 Å². The van der Waals surface area contributed by atoms with E-state index < -0.39 is 5.91 Å². The number of anilines is 1. The van der Waals surface area contributed by atoms with Crippen molar-refractivity contribution in [2.45, 2.75) is 32.1 Å². The minimum absolute atomic E-state index is 0.150. The number of amides is 2. The van der Waals surface area contributed by atoms with Gasteiger partial charge >= 0.3 is 0 Å². The third kappa shape index (κ3) is 4.32. The molecule has 3 N–H and O–H groups in total. The Morgan fingerprint density at radius 1 is 1.16 bits per heavy atom. The number of primary amides is 1. The van der Waals surface area contributed by atoms with Crippen LogP contribution in [0.4, 0.5) is 5.00 Å². The normalized spacial score (nSPS) is 13.6. The average molecular weight is 379 g/mol. The maximum Gasteiger partial charge on any atom is 0.262 e. The number of nitrogens with two attached hydrogens (primary N) is 1. The van der Waals surface area contributed by atoms with Crippen LogP contribution in [0.25, 0.3) is 0 Å². The van der Waals surface area contributed by atoms with Crippen molar-refractivity contribution in [2.75, 3.05) is 11.9 Å². The first-order valence-electron chi connectivity index (χ1n) is 8.17. The zero-order valence-electron chi connectivity index (χ0n) is 13.6. The van der Waals surface area contributed by atoms with Gasteiger partial charge in [0, 0.05) is 9.90 Å². The Balaban J connectivity index is 1.70. The molecule has 0 fully saturated rings. The molecule has 0 bridgehead atoms. The van der Waals surface area contributed by atoms with Gasteiger partial charge in [0.15, 0.2) is 6.61 Å². The highest BCUT2D eigenvalue weighted by molar-refractivity contribution is 7.17. The Bertz CT molecular complexity index is 786. The molecule has 1 aromatic heterocycles. The summed E-state index contributed by atoms with van der Waals surface area (Å²) in [6, 6.07) is 6.77. The van der Waals surface area contributed by atoms with E-state index in [9.17, 15) is 9.59 Å². The molecule has 132 valence electrons. The Morgan fingerprint density at radius 2 is 1.88 bits per heavy atom. The molecular formula is C18H19ClN2O3S. The van der Waals surface area contributed by atoms with Crippen molar-refractivity contribution >= 4 is 39.8 Å². The summed E-state index contributed by atoms with van der Waals surface area (Å²) in [4.78, 5) is 25.2. The predicted octanol–water partition coefficient (Wildman–Crippen LogP) is 3.79. The lowest BCUT2D eigenvalue weighted by Gasteiger charge is -2.08. The monoisotopic (exact) mass is 378 g/mol. The van der Waals surface area contributed by atoms with Crippen LogP contribution in [0.2, 0.25) is 5.02 Å². The lowest BCUT2D eigenvalue weighted by molar-refractivity contribution is -0.118. The third-order valence-corrected chi connectivity index (χ3v) is 5.56. The maximum atomic E-state index is 12.2. The molecular weight excluding hydrogens is 360 g/mol. The van der Waals surface area contributed by atoms with E-state index in [-0.39, 0.29) is 12.5 Å². The van der Waals surface area contributed by atoms with E-state index in [2.05, 4.69) is 5.32 Å². The molecule has 3 rings (SSSR count). The van der Waals surface area contributed by atoms with Gasteiger partial charge in [-0.25, -0.2) is 0 Å². The van der Waals surface area contributed by atoms with Crippen LogP contribution in [0.1, 0.15) is 40.1 Å². The van der Waals surface area contributed by atoms with E-state index in [1.807, 2.05) is 0 Å². The van der Waals surface area contributed by atoms with Crippen molar-refractivity contribution in [2.24, 2.45) is 5.73 Å². The number of hydrogen-bond donors (Lipinski definition) is 2. The first kappa shape index (κ1) is 17.8. The Hall–Kier alpha value is -2.05. The zero-order chi connectivity index (χ0) is 17.8. The van der Waals surface area contributed by atoms with Crippen LogP contribution in [-0.2, 0) is 17.6 Å². The van der Waals surface area contributed by atoms with E-state index in [1.54, 1.807) is 24.3 Å². The van der Waals surface area contributed by atoms with Crippen LogP contribution in [-0.4, -0.2) is 18.4 Å². The highest BCUT2D eigenvalue weighted by Gasteiger charge is 2.24. The second-order valence-corrected chi connectivity index (χ2v) is 7.47. The van der Waals surface area contributed by atoms with Crippen LogP contribution >= 0.6 is 22.9 Å². The van der Waals surface area contributed by atoms with Gasteiger partial charge in [-0.3, -0.25) is 9.59 Å². The van der Waals surface area contributed by atoms with Crippen molar-refractivity contribution in [1.29, 1.82) is 0 Å². The number of fused-ring (bicyclic) bond motifs is 1. The standard InChI is InChI=1S/C18H19ClN2O3S/c19-11-6-8-12(9-7-11)24-10-15(22)21-18-16(17(20)23)13-4-2-1-3-5-14(13)25-18/h6-9H,1-5,10H2,(H2,20,23)(H,21,22). The summed E-state index contributed by atoms with van der Waals surface area (Å²) >= 11 is 7.26. The van der Waals surface area contributed by atoms with Gasteiger partial charge in [0.1, 0.15) is 10.8 Å². The van der Waals surface area contributed by atoms with Crippen LogP contribution in [0.5, 0.6) is 5.75 Å². The number of thiophene rings is 1. The molecule has 0 unspecified atom stereocenters. The fraction of sp³-hybridized carbons (Fsp3) is 0.333. The summed E-state index contributed by atoms with van der Waals surface area (Å²) in [5.74, 6) is -0.265. The predicted molar refractivity (Wildman–Crippen MR) is 99.7 cm³/mol. The first-order chi connectivity index (χ1) is 12.0. The minimum Gasteiger partial charge on any atom is -0.484 e. The van der Waals surface area contributed by atoms with Gasteiger partial charge in [0.2, 0.25) is 0 Å². The number of nitrogens with one attached hydrogen (secondary N) is 1. The first-order valence-corrected chi connectivity index (χ1v) is 9.36. The van der Waals surface area contributed by atoms with Crippen LogP contribution < -0.4 is 15.8 Å². The second-order valence-electron chi connectivity index (χ2n) is 5.92. The topological polar surface area (TPSA) is 81.4 Å². The van der Waals surface area contributed by atoms with Crippen molar-refractivity contribution in [1.82, 2.24) is 0 Å². The summed E-state index contributed by atoms with van der Waals surface area (Å²) in [6.45, 7) is -0.150. The van der Waals surface area contributed by atoms with E-state index in [1.165, 1.54) is 11.3 Å². The fourth-order valence-corrected chi connectivity index (χ4v) is 4.37. The van der Waals surface area contributed by atoms with E-state index >= 15 is 0 Å². The van der Waals surface area contributed by atoms with Crippen molar-refractivity contribution in [3.05, 3.63) is 45.3 Å². The van der Waals surface area contributed by atoms with Gasteiger partial charge in [-0.15, -0.1) is 11.3 Å². The molecule has 2 amide bonds. The quantitative estimate of drug-likeness (QED) is 0.776. The molecule has 25 heavy (non-hydrogen) atoms. The molecule has 1 aliphatic carbocycles. The van der Waals surface area contributed by atoms with Gasteiger partial charge in [0.25, 0.3) is 11.8 Å². The number of hydrogen-bond acceptors (Lipinski definition) is 4. The third-order valence-electron chi connectivity index (χ3n) is 4.10. The molecule has 0 radical (unpaired) electrons. The number of ether oxygens (including phenoxy) is 1. The van der Waals surface area contributed by atoms with E-state index in [4.69, 9.17) is 22.1 Å². The molecule has 2 aromatic rings. The molecule has 0 spiro atoms. The van der Waals surface area contributed by atoms with Gasteiger partial charge in [-0.1, -0.05) is 18.0 Å². The van der Waals surface area contributed by atoms with Crippen LogP contribution in [0.15, 0.2) is 24.3 Å². The molecule has 0 atom stereocenters. The fourth-order valence-electron chi connectivity index (χ4n) is 2.93. The second kappa shape index (κ2) is 7.89. The molecule has 0 saturated heterocycles. The van der Waals surface area contributed by atoms with E-state index in [0.717, 1.165) is 42.5 Å². The largest absolute Gasteiger partial charge is 0.484 e. The maximum absolute atomic E-state index is 12.2. The summed E-state index contributed by atoms with van der Waals surface area (Å²) in [7, 11) is 0. The highest BCUT2D eigenvalue weighted by Crippen LogP contribution is 2.37.